The van der Waals surface area contributed by atoms with E-state index in [4.69, 9.17) is 0 Å². The summed E-state index contributed by atoms with van der Waals surface area (Å²) in [6.45, 7) is 3.92. The number of carbonyl (C=O) groups is 4. The topological polar surface area (TPSA) is 115 Å². The van der Waals surface area contributed by atoms with Crippen LogP contribution in [0.1, 0.15) is 50.2 Å². The summed E-state index contributed by atoms with van der Waals surface area (Å²) in [5, 5.41) is 5.45. The normalized spacial score (nSPS) is 19.3. The standard InChI is InChI=1S/C31H29F3N6O4/c32-31(33,34)21-8-10-25(36-17-21)39-14-12-38(13-15-39)18-20-6-4-19(5-7-20)16-35-23-3-1-2-22-27(23)30(44)40(29(22)43)24-9-11-26(41)37-28(24)42/h1-8,10,17,24,35H,9,11-16,18H2,(H,37,41,42). The average molecular weight is 607 g/mol. The fraction of sp³-hybridized carbons (Fsp3) is 0.323. The van der Waals surface area contributed by atoms with Crippen LogP contribution in [-0.2, 0) is 28.9 Å². The minimum absolute atomic E-state index is 0.0569. The Hall–Kier alpha value is -4.78. The third kappa shape index (κ3) is 5.87. The molecule has 0 radical (unpaired) electrons. The molecule has 10 nitrogen and oxygen atoms in total. The van der Waals surface area contributed by atoms with E-state index in [0.717, 1.165) is 47.9 Å². The molecule has 228 valence electrons. The van der Waals surface area contributed by atoms with Crippen LogP contribution in [0.25, 0.3) is 0 Å². The summed E-state index contributed by atoms with van der Waals surface area (Å²) in [6, 6.07) is 14.4. The second kappa shape index (κ2) is 11.7. The SMILES string of the molecule is O=C1CCC(N2C(=O)c3cccc(NCc4ccc(CN5CCN(c6ccc(C(F)(F)F)cn6)CC5)cc4)c3C2=O)C(=O)N1. The Morgan fingerprint density at radius 1 is 0.886 bits per heavy atom. The lowest BCUT2D eigenvalue weighted by Crippen LogP contribution is -2.54. The number of fused-ring (bicyclic) bond motifs is 1. The number of aromatic nitrogens is 1. The van der Waals surface area contributed by atoms with Gasteiger partial charge in [0.1, 0.15) is 11.9 Å². The van der Waals surface area contributed by atoms with E-state index < -0.39 is 41.4 Å². The quantitative estimate of drug-likeness (QED) is 0.394. The highest BCUT2D eigenvalue weighted by atomic mass is 19.4. The lowest BCUT2D eigenvalue weighted by Gasteiger charge is -2.35. The summed E-state index contributed by atoms with van der Waals surface area (Å²) < 4.78 is 38.5. The zero-order valence-electron chi connectivity index (χ0n) is 23.6. The molecule has 0 saturated carbocycles. The Morgan fingerprint density at radius 2 is 1.61 bits per heavy atom. The average Bonchev–Trinajstić information content (AvgIpc) is 3.26. The number of benzene rings is 2. The van der Waals surface area contributed by atoms with Gasteiger partial charge in [-0.2, -0.15) is 13.2 Å². The fourth-order valence-corrected chi connectivity index (χ4v) is 5.76. The van der Waals surface area contributed by atoms with Crippen molar-refractivity contribution < 1.29 is 32.3 Å². The van der Waals surface area contributed by atoms with Crippen molar-refractivity contribution in [3.8, 4) is 0 Å². The van der Waals surface area contributed by atoms with Crippen LogP contribution in [0.4, 0.5) is 24.7 Å². The molecule has 2 aromatic carbocycles. The molecule has 2 N–H and O–H groups in total. The highest BCUT2D eigenvalue weighted by Crippen LogP contribution is 2.33. The first-order valence-electron chi connectivity index (χ1n) is 14.3. The highest BCUT2D eigenvalue weighted by molar-refractivity contribution is 6.25. The Morgan fingerprint density at radius 3 is 2.27 bits per heavy atom. The molecule has 0 bridgehead atoms. The number of nitrogens with one attached hydrogen (secondary N) is 2. The Kier molecular flexibility index (Phi) is 7.80. The number of alkyl halides is 3. The van der Waals surface area contributed by atoms with Gasteiger partial charge in [-0.25, -0.2) is 4.98 Å². The summed E-state index contributed by atoms with van der Waals surface area (Å²) in [6.07, 6.45) is -3.38. The molecule has 1 atom stereocenters. The second-order valence-corrected chi connectivity index (χ2v) is 11.0. The van der Waals surface area contributed by atoms with Crippen molar-refractivity contribution in [2.75, 3.05) is 36.4 Å². The lowest BCUT2D eigenvalue weighted by molar-refractivity contribution is -0.138. The van der Waals surface area contributed by atoms with Gasteiger partial charge in [0.2, 0.25) is 11.8 Å². The first kappa shape index (κ1) is 29.3. The van der Waals surface area contributed by atoms with Crippen LogP contribution in [0.2, 0.25) is 0 Å². The van der Waals surface area contributed by atoms with E-state index in [2.05, 4.69) is 20.5 Å². The molecule has 2 saturated heterocycles. The maximum Gasteiger partial charge on any atom is 0.417 e. The third-order valence-corrected chi connectivity index (χ3v) is 8.15. The van der Waals surface area contributed by atoms with Gasteiger partial charge >= 0.3 is 6.18 Å². The number of imide groups is 2. The number of amides is 4. The lowest BCUT2D eigenvalue weighted by atomic mass is 10.0. The van der Waals surface area contributed by atoms with Crippen molar-refractivity contribution in [2.45, 2.75) is 38.1 Å². The molecule has 2 fully saturated rings. The van der Waals surface area contributed by atoms with E-state index in [1.54, 1.807) is 18.2 Å². The largest absolute Gasteiger partial charge is 0.417 e. The molecule has 1 aromatic heterocycles. The molecular weight excluding hydrogens is 577 g/mol. The summed E-state index contributed by atoms with van der Waals surface area (Å²) in [7, 11) is 0. The highest BCUT2D eigenvalue weighted by Gasteiger charge is 2.45. The van der Waals surface area contributed by atoms with Gasteiger partial charge in [0, 0.05) is 57.6 Å². The number of nitrogens with zero attached hydrogens (tertiary/aromatic N) is 4. The van der Waals surface area contributed by atoms with Crippen molar-refractivity contribution in [3.05, 3.63) is 88.6 Å². The molecule has 6 rings (SSSR count). The first-order chi connectivity index (χ1) is 21.1. The summed E-state index contributed by atoms with van der Waals surface area (Å²) in [5.41, 5.74) is 2.23. The van der Waals surface area contributed by atoms with Crippen molar-refractivity contribution >= 4 is 35.1 Å². The zero-order valence-corrected chi connectivity index (χ0v) is 23.6. The minimum atomic E-state index is -4.40. The molecule has 3 aliphatic heterocycles. The smallest absolute Gasteiger partial charge is 0.380 e. The molecule has 3 aliphatic rings. The maximum atomic E-state index is 13.3. The Bertz CT molecular complexity index is 1600. The van der Waals surface area contributed by atoms with Gasteiger partial charge in [-0.05, 0) is 41.8 Å². The molecule has 44 heavy (non-hydrogen) atoms. The number of rotatable bonds is 7. The number of anilines is 2. The predicted molar refractivity (Wildman–Crippen MR) is 154 cm³/mol. The fourth-order valence-electron chi connectivity index (χ4n) is 5.76. The van der Waals surface area contributed by atoms with Gasteiger partial charge in [-0.1, -0.05) is 30.3 Å². The second-order valence-electron chi connectivity index (χ2n) is 11.0. The van der Waals surface area contributed by atoms with E-state index in [1.165, 1.54) is 6.07 Å². The maximum absolute atomic E-state index is 13.3. The Labute approximate surface area is 250 Å². The van der Waals surface area contributed by atoms with E-state index in [9.17, 15) is 32.3 Å². The van der Waals surface area contributed by atoms with Crippen molar-refractivity contribution in [2.24, 2.45) is 0 Å². The van der Waals surface area contributed by atoms with Gasteiger partial charge in [-0.3, -0.25) is 34.3 Å². The summed E-state index contributed by atoms with van der Waals surface area (Å²) in [5.74, 6) is -1.65. The molecule has 0 spiro atoms. The van der Waals surface area contributed by atoms with Crippen LogP contribution in [-0.4, -0.2) is 70.6 Å². The van der Waals surface area contributed by atoms with E-state index in [-0.39, 0.29) is 24.0 Å². The van der Waals surface area contributed by atoms with Gasteiger partial charge in [0.15, 0.2) is 0 Å². The van der Waals surface area contributed by atoms with Crippen LogP contribution in [0.5, 0.6) is 0 Å². The molecule has 0 aliphatic carbocycles. The number of carbonyl (C=O) groups excluding carboxylic acids is 4. The molecule has 4 heterocycles. The number of pyridine rings is 1. The number of hydrogen-bond acceptors (Lipinski definition) is 8. The predicted octanol–water partition coefficient (Wildman–Crippen LogP) is 3.44. The van der Waals surface area contributed by atoms with Gasteiger partial charge in [0.05, 0.1) is 16.7 Å². The summed E-state index contributed by atoms with van der Waals surface area (Å²) in [4.78, 5) is 59.5. The number of piperidine rings is 1. The third-order valence-electron chi connectivity index (χ3n) is 8.15. The molecule has 13 heteroatoms. The van der Waals surface area contributed by atoms with E-state index in [0.29, 0.717) is 31.1 Å². The van der Waals surface area contributed by atoms with Gasteiger partial charge in [0.25, 0.3) is 11.8 Å². The molecule has 4 amide bonds. The molecular formula is C31H29F3N6O4. The monoisotopic (exact) mass is 606 g/mol. The number of halogens is 3. The van der Waals surface area contributed by atoms with E-state index in [1.807, 2.05) is 29.2 Å². The van der Waals surface area contributed by atoms with Crippen LogP contribution in [0, 0.1) is 0 Å². The van der Waals surface area contributed by atoms with Crippen LogP contribution in [0.15, 0.2) is 60.8 Å². The van der Waals surface area contributed by atoms with Crippen molar-refractivity contribution in [1.82, 2.24) is 20.1 Å². The van der Waals surface area contributed by atoms with Crippen molar-refractivity contribution in [3.63, 3.8) is 0 Å². The van der Waals surface area contributed by atoms with Crippen molar-refractivity contribution in [1.29, 1.82) is 0 Å². The molecule has 1 unspecified atom stereocenters. The molecule has 3 aromatic rings. The zero-order chi connectivity index (χ0) is 31.0. The van der Waals surface area contributed by atoms with Gasteiger partial charge < -0.3 is 10.2 Å². The number of piperazine rings is 1. The Balaban J connectivity index is 1.03. The van der Waals surface area contributed by atoms with Crippen LogP contribution < -0.4 is 15.5 Å². The van der Waals surface area contributed by atoms with E-state index >= 15 is 0 Å². The van der Waals surface area contributed by atoms with Crippen LogP contribution in [0.3, 0.4) is 0 Å². The summed E-state index contributed by atoms with van der Waals surface area (Å²) >= 11 is 0. The van der Waals surface area contributed by atoms with Crippen LogP contribution >= 0.6 is 0 Å². The first-order valence-corrected chi connectivity index (χ1v) is 14.3. The van der Waals surface area contributed by atoms with Gasteiger partial charge in [-0.15, -0.1) is 0 Å². The minimum Gasteiger partial charge on any atom is -0.380 e. The number of hydrogen-bond donors (Lipinski definition) is 2.